The van der Waals surface area contributed by atoms with Gasteiger partial charge >= 0.3 is 0 Å². The molecule has 0 atom stereocenters. The van der Waals surface area contributed by atoms with Gasteiger partial charge in [0.2, 0.25) is 5.88 Å². The van der Waals surface area contributed by atoms with E-state index in [1.165, 1.54) is 0 Å². The fourth-order valence-electron chi connectivity index (χ4n) is 2.05. The number of nitrogen functional groups attached to an aromatic ring is 1. The second-order valence-corrected chi connectivity index (χ2v) is 3.92. The summed E-state index contributed by atoms with van der Waals surface area (Å²) in [5.74, 6) is 0.516. The van der Waals surface area contributed by atoms with Crippen LogP contribution >= 0.6 is 0 Å². The Balaban J connectivity index is 2.32. The van der Waals surface area contributed by atoms with Gasteiger partial charge in [0.05, 0.1) is 11.2 Å². The molecule has 2 heterocycles. The maximum atomic E-state index is 9.83. The fourth-order valence-corrected chi connectivity index (χ4v) is 2.05. The standard InChI is InChI=1S/C12H11N3O2/c1-15-9(8-6-11(13)17-14-8)5-7-3-2-4-10(16)12(7)15/h2-6,16H,13H2,1H3. The number of para-hydroxylation sites is 1. The molecule has 0 unspecified atom stereocenters. The number of phenols is 1. The summed E-state index contributed by atoms with van der Waals surface area (Å²) < 4.78 is 6.72. The highest BCUT2D eigenvalue weighted by atomic mass is 16.5. The SMILES string of the molecule is Cn1c(-c2cc(N)on2)cc2cccc(O)c21. The number of nitrogens with two attached hydrogens (primary N) is 1. The molecule has 3 aromatic rings. The van der Waals surface area contributed by atoms with Gasteiger partial charge in [0.15, 0.2) is 0 Å². The molecular weight excluding hydrogens is 218 g/mol. The summed E-state index contributed by atoms with van der Waals surface area (Å²) in [5.41, 5.74) is 7.77. The number of anilines is 1. The van der Waals surface area contributed by atoms with Crippen LogP contribution in [0.15, 0.2) is 34.9 Å². The van der Waals surface area contributed by atoms with Crippen LogP contribution in [0.5, 0.6) is 5.75 Å². The van der Waals surface area contributed by atoms with E-state index in [1.807, 2.05) is 23.7 Å². The van der Waals surface area contributed by atoms with Gasteiger partial charge in [-0.2, -0.15) is 0 Å². The molecule has 0 spiro atoms. The number of fused-ring (bicyclic) bond motifs is 1. The van der Waals surface area contributed by atoms with Gasteiger partial charge < -0.3 is 19.9 Å². The van der Waals surface area contributed by atoms with E-state index in [0.717, 1.165) is 16.6 Å². The lowest BCUT2D eigenvalue weighted by Gasteiger charge is -2.01. The molecule has 0 saturated carbocycles. The zero-order valence-corrected chi connectivity index (χ0v) is 9.21. The molecule has 5 nitrogen and oxygen atoms in total. The molecule has 0 aliphatic rings. The first kappa shape index (κ1) is 9.77. The minimum atomic E-state index is 0.243. The average molecular weight is 229 g/mol. The van der Waals surface area contributed by atoms with Crippen molar-refractivity contribution in [3.63, 3.8) is 0 Å². The Bertz CT molecular complexity index is 697. The van der Waals surface area contributed by atoms with Crippen LogP contribution in [0.1, 0.15) is 0 Å². The van der Waals surface area contributed by atoms with E-state index < -0.39 is 0 Å². The molecule has 86 valence electrons. The maximum Gasteiger partial charge on any atom is 0.222 e. The number of benzene rings is 1. The first-order chi connectivity index (χ1) is 8.16. The second kappa shape index (κ2) is 3.28. The van der Waals surface area contributed by atoms with Gasteiger partial charge in [-0.15, -0.1) is 0 Å². The van der Waals surface area contributed by atoms with Crippen molar-refractivity contribution in [1.29, 1.82) is 0 Å². The van der Waals surface area contributed by atoms with Crippen molar-refractivity contribution in [2.24, 2.45) is 7.05 Å². The van der Waals surface area contributed by atoms with E-state index in [0.29, 0.717) is 5.69 Å². The van der Waals surface area contributed by atoms with Crippen LogP contribution in [0.4, 0.5) is 5.88 Å². The van der Waals surface area contributed by atoms with Crippen molar-refractivity contribution < 1.29 is 9.63 Å². The van der Waals surface area contributed by atoms with E-state index in [-0.39, 0.29) is 11.6 Å². The monoisotopic (exact) mass is 229 g/mol. The van der Waals surface area contributed by atoms with Crippen molar-refractivity contribution in [2.45, 2.75) is 0 Å². The van der Waals surface area contributed by atoms with Gasteiger partial charge in [-0.1, -0.05) is 17.3 Å². The predicted molar refractivity (Wildman–Crippen MR) is 64.5 cm³/mol. The lowest BCUT2D eigenvalue weighted by atomic mass is 10.2. The molecule has 0 aliphatic heterocycles. The zero-order valence-electron chi connectivity index (χ0n) is 9.21. The summed E-state index contributed by atoms with van der Waals surface area (Å²) in [5, 5.41) is 14.6. The normalized spacial score (nSPS) is 11.1. The van der Waals surface area contributed by atoms with E-state index >= 15 is 0 Å². The summed E-state index contributed by atoms with van der Waals surface area (Å²) in [7, 11) is 1.86. The summed E-state index contributed by atoms with van der Waals surface area (Å²) in [6.07, 6.45) is 0. The lowest BCUT2D eigenvalue weighted by molar-refractivity contribution is 0.438. The molecule has 2 aromatic heterocycles. The Labute approximate surface area is 97.1 Å². The lowest BCUT2D eigenvalue weighted by Crippen LogP contribution is -1.91. The molecule has 0 aliphatic carbocycles. The average Bonchev–Trinajstić information content (AvgIpc) is 2.84. The molecule has 0 bridgehead atoms. The highest BCUT2D eigenvalue weighted by molar-refractivity contribution is 5.90. The molecule has 0 fully saturated rings. The van der Waals surface area contributed by atoms with Gasteiger partial charge in [0.25, 0.3) is 0 Å². The van der Waals surface area contributed by atoms with Gasteiger partial charge in [-0.3, -0.25) is 0 Å². The summed E-state index contributed by atoms with van der Waals surface area (Å²) in [6, 6.07) is 8.99. The molecule has 0 amide bonds. The smallest absolute Gasteiger partial charge is 0.222 e. The highest BCUT2D eigenvalue weighted by Crippen LogP contribution is 2.31. The third kappa shape index (κ3) is 1.36. The first-order valence-electron chi connectivity index (χ1n) is 5.17. The van der Waals surface area contributed by atoms with Crippen LogP contribution < -0.4 is 5.73 Å². The maximum absolute atomic E-state index is 9.83. The van der Waals surface area contributed by atoms with Crippen LogP contribution in [0.25, 0.3) is 22.3 Å². The molecule has 17 heavy (non-hydrogen) atoms. The number of hydrogen-bond acceptors (Lipinski definition) is 4. The Morgan fingerprint density at radius 3 is 2.82 bits per heavy atom. The third-order valence-corrected chi connectivity index (χ3v) is 2.83. The van der Waals surface area contributed by atoms with Crippen molar-refractivity contribution in [3.05, 3.63) is 30.3 Å². The third-order valence-electron chi connectivity index (χ3n) is 2.83. The first-order valence-corrected chi connectivity index (χ1v) is 5.17. The van der Waals surface area contributed by atoms with Crippen molar-refractivity contribution in [1.82, 2.24) is 9.72 Å². The fraction of sp³-hybridized carbons (Fsp3) is 0.0833. The van der Waals surface area contributed by atoms with Crippen molar-refractivity contribution in [2.75, 3.05) is 5.73 Å². The molecule has 5 heteroatoms. The largest absolute Gasteiger partial charge is 0.506 e. The van der Waals surface area contributed by atoms with E-state index in [9.17, 15) is 5.11 Å². The Hall–Kier alpha value is -2.43. The molecule has 0 saturated heterocycles. The number of aromatic hydroxyl groups is 1. The zero-order chi connectivity index (χ0) is 12.0. The van der Waals surface area contributed by atoms with Gasteiger partial charge in [-0.05, 0) is 12.1 Å². The minimum Gasteiger partial charge on any atom is -0.506 e. The molecule has 3 N–H and O–H groups in total. The predicted octanol–water partition coefficient (Wildman–Crippen LogP) is 2.12. The molecule has 1 aromatic carbocycles. The molecular formula is C12H11N3O2. The number of phenolic OH excluding ortho intramolecular Hbond substituents is 1. The van der Waals surface area contributed by atoms with Crippen molar-refractivity contribution >= 4 is 16.8 Å². The van der Waals surface area contributed by atoms with Crippen LogP contribution in [0.2, 0.25) is 0 Å². The molecule has 0 radical (unpaired) electrons. The van der Waals surface area contributed by atoms with E-state index in [1.54, 1.807) is 18.2 Å². The van der Waals surface area contributed by atoms with Crippen LogP contribution in [-0.4, -0.2) is 14.8 Å². The summed E-state index contributed by atoms with van der Waals surface area (Å²) >= 11 is 0. The van der Waals surface area contributed by atoms with Gasteiger partial charge in [0, 0.05) is 18.5 Å². The summed E-state index contributed by atoms with van der Waals surface area (Å²) in [4.78, 5) is 0. The molecule has 3 rings (SSSR count). The number of aryl methyl sites for hydroxylation is 1. The highest BCUT2D eigenvalue weighted by Gasteiger charge is 2.13. The second-order valence-electron chi connectivity index (χ2n) is 3.92. The minimum absolute atomic E-state index is 0.243. The van der Waals surface area contributed by atoms with Gasteiger partial charge in [-0.25, -0.2) is 0 Å². The number of aromatic nitrogens is 2. The van der Waals surface area contributed by atoms with E-state index in [4.69, 9.17) is 10.3 Å². The summed E-state index contributed by atoms with van der Waals surface area (Å²) in [6.45, 7) is 0. The van der Waals surface area contributed by atoms with Gasteiger partial charge in [0.1, 0.15) is 11.4 Å². The number of nitrogens with zero attached hydrogens (tertiary/aromatic N) is 2. The Kier molecular flexibility index (Phi) is 1.89. The van der Waals surface area contributed by atoms with Crippen LogP contribution in [0, 0.1) is 0 Å². The van der Waals surface area contributed by atoms with Crippen molar-refractivity contribution in [3.8, 4) is 17.1 Å². The number of rotatable bonds is 1. The number of hydrogen-bond donors (Lipinski definition) is 2. The van der Waals surface area contributed by atoms with E-state index in [2.05, 4.69) is 5.16 Å². The van der Waals surface area contributed by atoms with Crippen LogP contribution in [-0.2, 0) is 7.05 Å². The topological polar surface area (TPSA) is 77.2 Å². The Morgan fingerprint density at radius 1 is 1.35 bits per heavy atom. The quantitative estimate of drug-likeness (QED) is 0.670. The Morgan fingerprint density at radius 2 is 2.18 bits per heavy atom. The van der Waals surface area contributed by atoms with Crippen LogP contribution in [0.3, 0.4) is 0 Å².